The standard InChI is InChI=1S/C25H34N4O3S/c1-4-9-27-23-29-22-17(11-21(32)28-14-16-6-5-10-26-13-16)24(2)8-7-20(31)25(3,15-30)19(24)12-18(22)33-23/h4-6,10,13,17,19-20,30-31H,1,7-9,11-12,14-15H2,2-3H3,(H,27,29)(H,28,32)/t17-,19+,20-,24+,25+/m1/s1. The van der Waals surface area contributed by atoms with E-state index in [0.29, 0.717) is 25.9 Å². The number of aliphatic hydroxyl groups excluding tert-OH is 2. The lowest BCUT2D eigenvalue weighted by Gasteiger charge is -2.58. The van der Waals surface area contributed by atoms with Crippen molar-refractivity contribution in [3.63, 3.8) is 0 Å². The Kier molecular flexibility index (Phi) is 6.88. The molecule has 1 saturated carbocycles. The van der Waals surface area contributed by atoms with Crippen LogP contribution in [-0.4, -0.2) is 45.3 Å². The van der Waals surface area contributed by atoms with Crippen LogP contribution in [0.4, 0.5) is 5.13 Å². The minimum atomic E-state index is -0.617. The number of hydrogen-bond acceptors (Lipinski definition) is 7. The van der Waals surface area contributed by atoms with Crippen LogP contribution >= 0.6 is 11.3 Å². The summed E-state index contributed by atoms with van der Waals surface area (Å²) in [5, 5.41) is 28.4. The van der Waals surface area contributed by atoms with E-state index in [-0.39, 0.29) is 29.8 Å². The van der Waals surface area contributed by atoms with Crippen LogP contribution < -0.4 is 10.6 Å². The first kappa shape index (κ1) is 23.9. The van der Waals surface area contributed by atoms with Crippen LogP contribution in [0.15, 0.2) is 37.2 Å². The zero-order valence-electron chi connectivity index (χ0n) is 19.4. The number of aromatic nitrogens is 2. The maximum Gasteiger partial charge on any atom is 0.220 e. The van der Waals surface area contributed by atoms with Crippen molar-refractivity contribution in [3.05, 3.63) is 53.3 Å². The van der Waals surface area contributed by atoms with Crippen molar-refractivity contribution in [1.29, 1.82) is 0 Å². The Hall–Kier alpha value is -2.29. The Bertz CT molecular complexity index is 997. The van der Waals surface area contributed by atoms with Crippen LogP contribution in [0.3, 0.4) is 0 Å². The number of fused-ring (bicyclic) bond motifs is 2. The van der Waals surface area contributed by atoms with Gasteiger partial charge in [0.25, 0.3) is 0 Å². The van der Waals surface area contributed by atoms with Crippen molar-refractivity contribution in [1.82, 2.24) is 15.3 Å². The quantitative estimate of drug-likeness (QED) is 0.441. The van der Waals surface area contributed by atoms with Gasteiger partial charge in [0.05, 0.1) is 18.4 Å². The number of nitrogens with zero attached hydrogens (tertiary/aromatic N) is 2. The van der Waals surface area contributed by atoms with E-state index in [0.717, 1.165) is 34.1 Å². The molecule has 4 rings (SSSR count). The van der Waals surface area contributed by atoms with E-state index < -0.39 is 11.5 Å². The molecule has 5 atom stereocenters. The summed E-state index contributed by atoms with van der Waals surface area (Å²) in [7, 11) is 0. The molecule has 2 heterocycles. The van der Waals surface area contributed by atoms with E-state index in [4.69, 9.17) is 4.98 Å². The molecule has 2 aromatic heterocycles. The first-order chi connectivity index (χ1) is 15.8. The van der Waals surface area contributed by atoms with Gasteiger partial charge in [0, 0.05) is 48.1 Å². The lowest BCUT2D eigenvalue weighted by atomic mass is 9.47. The van der Waals surface area contributed by atoms with E-state index in [9.17, 15) is 15.0 Å². The second kappa shape index (κ2) is 9.52. The van der Waals surface area contributed by atoms with Gasteiger partial charge >= 0.3 is 0 Å². The number of nitrogens with one attached hydrogen (secondary N) is 2. The average Bonchev–Trinajstić information content (AvgIpc) is 3.23. The number of hydrogen-bond donors (Lipinski definition) is 4. The highest BCUT2D eigenvalue weighted by atomic mass is 32.1. The van der Waals surface area contributed by atoms with Crippen molar-refractivity contribution < 1.29 is 15.0 Å². The number of carbonyl (C=O) groups is 1. The van der Waals surface area contributed by atoms with Crippen LogP contribution in [0, 0.1) is 16.7 Å². The van der Waals surface area contributed by atoms with Crippen LogP contribution in [0.25, 0.3) is 0 Å². The Labute approximate surface area is 199 Å². The van der Waals surface area contributed by atoms with Gasteiger partial charge in [-0.3, -0.25) is 9.78 Å². The fourth-order valence-corrected chi connectivity index (χ4v) is 6.92. The number of carbonyl (C=O) groups excluding carboxylic acids is 1. The van der Waals surface area contributed by atoms with E-state index in [1.807, 2.05) is 19.1 Å². The molecule has 1 amide bonds. The third-order valence-corrected chi connectivity index (χ3v) is 8.94. The van der Waals surface area contributed by atoms with Gasteiger partial charge in [0.15, 0.2) is 5.13 Å². The minimum Gasteiger partial charge on any atom is -0.396 e. The molecule has 0 radical (unpaired) electrons. The SMILES string of the molecule is C=CCNc1nc2c(s1)C[C@@H]1[C@](C)(CO)[C@H](O)CC[C@@]1(C)[C@@H]2CC(=O)NCc1cccnc1. The first-order valence-electron chi connectivity index (χ1n) is 11.6. The molecule has 7 nitrogen and oxygen atoms in total. The molecule has 8 heteroatoms. The molecule has 0 spiro atoms. The summed E-state index contributed by atoms with van der Waals surface area (Å²) >= 11 is 1.61. The summed E-state index contributed by atoms with van der Waals surface area (Å²) in [6.07, 6.45) is 7.18. The fraction of sp³-hybridized carbons (Fsp3) is 0.560. The van der Waals surface area contributed by atoms with E-state index >= 15 is 0 Å². The average molecular weight is 471 g/mol. The zero-order valence-corrected chi connectivity index (χ0v) is 20.2. The van der Waals surface area contributed by atoms with Crippen molar-refractivity contribution in [3.8, 4) is 0 Å². The van der Waals surface area contributed by atoms with Gasteiger partial charge in [-0.25, -0.2) is 4.98 Å². The summed E-state index contributed by atoms with van der Waals surface area (Å²) in [5.74, 6) is -0.0637. The Morgan fingerprint density at radius 1 is 1.42 bits per heavy atom. The maximum atomic E-state index is 13.1. The van der Waals surface area contributed by atoms with Gasteiger partial charge in [-0.15, -0.1) is 17.9 Å². The molecule has 2 aliphatic carbocycles. The summed E-state index contributed by atoms with van der Waals surface area (Å²) in [6, 6.07) is 3.80. The molecule has 0 unspecified atom stereocenters. The predicted molar refractivity (Wildman–Crippen MR) is 130 cm³/mol. The Morgan fingerprint density at radius 2 is 2.24 bits per heavy atom. The first-order valence-corrected chi connectivity index (χ1v) is 12.4. The fourth-order valence-electron chi connectivity index (χ4n) is 5.84. The van der Waals surface area contributed by atoms with Gasteiger partial charge < -0.3 is 20.8 Å². The highest BCUT2D eigenvalue weighted by Gasteiger charge is 2.59. The van der Waals surface area contributed by atoms with Gasteiger partial charge in [-0.2, -0.15) is 0 Å². The number of rotatable bonds is 8. The molecule has 0 saturated heterocycles. The van der Waals surface area contributed by atoms with E-state index in [1.165, 1.54) is 0 Å². The summed E-state index contributed by atoms with van der Waals surface area (Å²) in [6.45, 7) is 8.95. The monoisotopic (exact) mass is 470 g/mol. The second-order valence-electron chi connectivity index (χ2n) is 9.87. The van der Waals surface area contributed by atoms with Crippen molar-refractivity contribution in [2.24, 2.45) is 16.7 Å². The van der Waals surface area contributed by atoms with Gasteiger partial charge in [-0.1, -0.05) is 26.0 Å². The van der Waals surface area contributed by atoms with Gasteiger partial charge in [0.1, 0.15) is 0 Å². The number of amides is 1. The number of thiazole rings is 1. The predicted octanol–water partition coefficient (Wildman–Crippen LogP) is 3.26. The topological polar surface area (TPSA) is 107 Å². The Morgan fingerprint density at radius 3 is 2.94 bits per heavy atom. The molecular formula is C25H34N4O3S. The molecule has 2 aliphatic rings. The number of aliphatic hydroxyl groups is 2. The molecule has 1 fully saturated rings. The molecule has 0 aliphatic heterocycles. The highest BCUT2D eigenvalue weighted by Crippen LogP contribution is 2.62. The molecule has 0 aromatic carbocycles. The number of anilines is 1. The maximum absolute atomic E-state index is 13.1. The van der Waals surface area contributed by atoms with Gasteiger partial charge in [-0.05, 0) is 42.2 Å². The highest BCUT2D eigenvalue weighted by molar-refractivity contribution is 7.15. The lowest BCUT2D eigenvalue weighted by Crippen LogP contribution is -2.57. The van der Waals surface area contributed by atoms with Crippen LogP contribution in [0.5, 0.6) is 0 Å². The molecular weight excluding hydrogens is 436 g/mol. The normalized spacial score (nSPS) is 30.7. The van der Waals surface area contributed by atoms with Crippen LogP contribution in [0.1, 0.15) is 55.2 Å². The van der Waals surface area contributed by atoms with Crippen molar-refractivity contribution >= 4 is 22.4 Å². The minimum absolute atomic E-state index is 0.0258. The zero-order chi connectivity index (χ0) is 23.6. The number of pyridine rings is 1. The van der Waals surface area contributed by atoms with Crippen LogP contribution in [-0.2, 0) is 17.8 Å². The third-order valence-electron chi connectivity index (χ3n) is 7.89. The summed E-state index contributed by atoms with van der Waals surface area (Å²) in [4.78, 5) is 23.3. The Balaban J connectivity index is 1.64. The van der Waals surface area contributed by atoms with E-state index in [1.54, 1.807) is 29.8 Å². The molecule has 2 aromatic rings. The molecule has 178 valence electrons. The summed E-state index contributed by atoms with van der Waals surface area (Å²) in [5.41, 5.74) is 1.07. The van der Waals surface area contributed by atoms with Crippen molar-refractivity contribution in [2.45, 2.75) is 58.1 Å². The smallest absolute Gasteiger partial charge is 0.220 e. The lowest BCUT2D eigenvalue weighted by molar-refractivity contribution is -0.144. The molecule has 33 heavy (non-hydrogen) atoms. The van der Waals surface area contributed by atoms with Gasteiger partial charge in [0.2, 0.25) is 5.91 Å². The van der Waals surface area contributed by atoms with E-state index in [2.05, 4.69) is 29.1 Å². The molecule has 0 bridgehead atoms. The van der Waals surface area contributed by atoms with Crippen molar-refractivity contribution in [2.75, 3.05) is 18.5 Å². The third kappa shape index (κ3) is 4.44. The largest absolute Gasteiger partial charge is 0.396 e. The second-order valence-corrected chi connectivity index (χ2v) is 11.0. The summed E-state index contributed by atoms with van der Waals surface area (Å²) < 4.78 is 0. The molecule has 4 N–H and O–H groups in total. The van der Waals surface area contributed by atoms with Crippen LogP contribution in [0.2, 0.25) is 0 Å².